The summed E-state index contributed by atoms with van der Waals surface area (Å²) in [6.45, 7) is 5.54. The number of carboxylic acids is 1. The zero-order valence-electron chi connectivity index (χ0n) is 17.9. The predicted molar refractivity (Wildman–Crippen MR) is 114 cm³/mol. The molecule has 4 rings (SSSR count). The fraction of sp³-hybridized carbons (Fsp3) is 0.217. The minimum absolute atomic E-state index is 0.0816. The van der Waals surface area contributed by atoms with Crippen molar-refractivity contribution in [2.45, 2.75) is 27.3 Å². The molecule has 0 spiro atoms. The highest BCUT2D eigenvalue weighted by Gasteiger charge is 2.34. The summed E-state index contributed by atoms with van der Waals surface area (Å²) in [5, 5.41) is 23.4. The molecule has 0 saturated heterocycles. The van der Waals surface area contributed by atoms with E-state index in [4.69, 9.17) is 19.6 Å². The standard InChI is InChI=1S/C21H20N4O2.C2H4O2/c1-4-25-21(26)17(13-22-25)23-19-14(2)20(24-12-6-5-7-18(19)24)15-8-10-16(27-3)11-9-15;1-2(3)4/h5-13H,4H2,1-3H3;1H3,(H,3,4). The van der Waals surface area contributed by atoms with E-state index >= 15 is 0 Å². The molecule has 1 aliphatic rings. The Hall–Kier alpha value is -3.94. The van der Waals surface area contributed by atoms with Crippen LogP contribution in [0.1, 0.15) is 32.0 Å². The number of rotatable bonds is 4. The summed E-state index contributed by atoms with van der Waals surface area (Å²) in [5.74, 6) is -0.183. The molecule has 0 unspecified atom stereocenters. The van der Waals surface area contributed by atoms with E-state index < -0.39 is 5.97 Å². The van der Waals surface area contributed by atoms with Gasteiger partial charge in [-0.05, 0) is 51.1 Å². The van der Waals surface area contributed by atoms with E-state index in [2.05, 4.69) is 9.67 Å². The van der Waals surface area contributed by atoms with Crippen LogP contribution in [0.15, 0.2) is 65.4 Å². The van der Waals surface area contributed by atoms with Gasteiger partial charge < -0.3 is 19.7 Å². The molecule has 0 aliphatic carbocycles. The van der Waals surface area contributed by atoms with Crippen molar-refractivity contribution in [1.29, 1.82) is 0 Å². The van der Waals surface area contributed by atoms with Gasteiger partial charge in [0.15, 0.2) is 6.20 Å². The lowest BCUT2D eigenvalue weighted by Gasteiger charge is -2.02. The third-order valence-corrected chi connectivity index (χ3v) is 4.74. The van der Waals surface area contributed by atoms with Crippen molar-refractivity contribution < 1.29 is 24.3 Å². The summed E-state index contributed by atoms with van der Waals surface area (Å²) >= 11 is 0. The smallest absolute Gasteiger partial charge is 0.237 e. The number of aromatic nitrogens is 3. The van der Waals surface area contributed by atoms with Crippen molar-refractivity contribution in [2.24, 2.45) is 4.99 Å². The topological polar surface area (TPSA) is 104 Å². The fourth-order valence-corrected chi connectivity index (χ4v) is 3.36. The number of benzene rings is 1. The van der Waals surface area contributed by atoms with Crippen LogP contribution < -0.4 is 14.4 Å². The number of ether oxygens (including phenoxy) is 1. The van der Waals surface area contributed by atoms with Crippen LogP contribution in [0.3, 0.4) is 0 Å². The number of aromatic hydroxyl groups is 1. The molecule has 31 heavy (non-hydrogen) atoms. The molecular weight excluding hydrogens is 396 g/mol. The Bertz CT molecular complexity index is 1160. The first-order valence-electron chi connectivity index (χ1n) is 9.75. The Balaban J connectivity index is 0.000000628. The maximum atomic E-state index is 10.3. The molecule has 8 nitrogen and oxygen atoms in total. The SMILES string of the molecule is CC(=O)[O-].CCn1ncc(/N=C2\C(C)=C(c3ccc(OC)cc3)[n+]3ccccc32)c1O. The van der Waals surface area contributed by atoms with E-state index in [1.807, 2.05) is 62.5 Å². The zero-order chi connectivity index (χ0) is 22.5. The summed E-state index contributed by atoms with van der Waals surface area (Å²) < 4.78 is 8.92. The van der Waals surface area contributed by atoms with Crippen molar-refractivity contribution in [3.8, 4) is 11.6 Å². The maximum Gasteiger partial charge on any atom is 0.237 e. The maximum absolute atomic E-state index is 10.3. The second-order valence-corrected chi connectivity index (χ2v) is 6.78. The molecule has 0 saturated carbocycles. The van der Waals surface area contributed by atoms with Gasteiger partial charge in [-0.2, -0.15) is 9.67 Å². The third-order valence-electron chi connectivity index (χ3n) is 4.74. The highest BCUT2D eigenvalue weighted by Crippen LogP contribution is 2.31. The van der Waals surface area contributed by atoms with E-state index in [0.29, 0.717) is 12.2 Å². The number of carbonyl (C=O) groups is 1. The number of aliphatic carboxylic acids is 1. The Morgan fingerprint density at radius 2 is 1.94 bits per heavy atom. The van der Waals surface area contributed by atoms with Crippen molar-refractivity contribution in [3.63, 3.8) is 0 Å². The Morgan fingerprint density at radius 3 is 2.52 bits per heavy atom. The largest absolute Gasteiger partial charge is 0.550 e. The third kappa shape index (κ3) is 4.48. The van der Waals surface area contributed by atoms with Crippen LogP contribution in [-0.4, -0.2) is 33.7 Å². The minimum atomic E-state index is -1.08. The van der Waals surface area contributed by atoms with E-state index in [1.165, 1.54) is 4.68 Å². The number of allylic oxidation sites excluding steroid dienone is 1. The number of hydrogen-bond donors (Lipinski definition) is 1. The number of aliphatic imine (C=N–C) groups is 1. The van der Waals surface area contributed by atoms with Gasteiger partial charge in [-0.1, -0.05) is 0 Å². The second-order valence-electron chi connectivity index (χ2n) is 6.78. The van der Waals surface area contributed by atoms with Crippen LogP contribution in [0.4, 0.5) is 5.69 Å². The predicted octanol–water partition coefficient (Wildman–Crippen LogP) is 2.07. The average molecular weight is 420 g/mol. The van der Waals surface area contributed by atoms with Gasteiger partial charge in [0.05, 0.1) is 18.9 Å². The number of aryl methyl sites for hydroxylation is 1. The first kappa shape index (κ1) is 21.8. The highest BCUT2D eigenvalue weighted by atomic mass is 16.5. The monoisotopic (exact) mass is 420 g/mol. The van der Waals surface area contributed by atoms with Crippen molar-refractivity contribution in [1.82, 2.24) is 9.78 Å². The molecule has 160 valence electrons. The molecule has 1 aromatic carbocycles. The number of pyridine rings is 1. The van der Waals surface area contributed by atoms with Gasteiger partial charge in [0.1, 0.15) is 17.1 Å². The number of fused-ring (bicyclic) bond motifs is 1. The first-order chi connectivity index (χ1) is 14.9. The van der Waals surface area contributed by atoms with Gasteiger partial charge >= 0.3 is 0 Å². The van der Waals surface area contributed by atoms with E-state index in [-0.39, 0.29) is 5.88 Å². The molecule has 8 heteroatoms. The Labute approximate surface area is 180 Å². The molecule has 1 aliphatic heterocycles. The van der Waals surface area contributed by atoms with Crippen LogP contribution in [0.2, 0.25) is 0 Å². The molecule has 0 atom stereocenters. The molecule has 0 amide bonds. The van der Waals surface area contributed by atoms with Gasteiger partial charge in [0.2, 0.25) is 17.3 Å². The lowest BCUT2D eigenvalue weighted by Crippen LogP contribution is -2.34. The molecule has 3 heterocycles. The summed E-state index contributed by atoms with van der Waals surface area (Å²) in [7, 11) is 1.66. The number of carboxylic acid groups (broad SMARTS) is 1. The van der Waals surface area contributed by atoms with Crippen LogP contribution in [0.5, 0.6) is 11.6 Å². The Kier molecular flexibility index (Phi) is 6.49. The van der Waals surface area contributed by atoms with Gasteiger partial charge in [-0.3, -0.25) is 0 Å². The van der Waals surface area contributed by atoms with Crippen LogP contribution in [0.25, 0.3) is 5.70 Å². The molecule has 1 N–H and O–H groups in total. The van der Waals surface area contributed by atoms with Gasteiger partial charge in [0.25, 0.3) is 0 Å². The molecule has 3 aromatic rings. The van der Waals surface area contributed by atoms with Crippen LogP contribution in [0, 0.1) is 0 Å². The fourth-order valence-electron chi connectivity index (χ4n) is 3.36. The zero-order valence-corrected chi connectivity index (χ0v) is 17.9. The molecule has 2 aromatic heterocycles. The average Bonchev–Trinajstić information content (AvgIpc) is 3.25. The number of nitrogens with zero attached hydrogens (tertiary/aromatic N) is 4. The van der Waals surface area contributed by atoms with Gasteiger partial charge in [-0.15, -0.1) is 0 Å². The number of carbonyl (C=O) groups excluding carboxylic acids is 1. The van der Waals surface area contributed by atoms with Crippen molar-refractivity contribution in [3.05, 3.63) is 71.7 Å². The summed E-state index contributed by atoms with van der Waals surface area (Å²) in [4.78, 5) is 13.6. The quantitative estimate of drug-likeness (QED) is 0.651. The van der Waals surface area contributed by atoms with Crippen molar-refractivity contribution in [2.75, 3.05) is 7.11 Å². The normalized spacial score (nSPS) is 13.6. The first-order valence-corrected chi connectivity index (χ1v) is 9.75. The van der Waals surface area contributed by atoms with E-state index in [1.54, 1.807) is 13.3 Å². The lowest BCUT2D eigenvalue weighted by molar-refractivity contribution is -0.577. The Morgan fingerprint density at radius 1 is 1.26 bits per heavy atom. The molecule has 0 radical (unpaired) electrons. The summed E-state index contributed by atoms with van der Waals surface area (Å²) in [6, 6.07) is 14.0. The summed E-state index contributed by atoms with van der Waals surface area (Å²) in [5.41, 5.74) is 5.45. The van der Waals surface area contributed by atoms with E-state index in [9.17, 15) is 5.11 Å². The molecular formula is C23H24N4O4. The second kappa shape index (κ2) is 9.25. The minimum Gasteiger partial charge on any atom is -0.550 e. The van der Waals surface area contributed by atoms with Gasteiger partial charge in [-0.25, -0.2) is 9.67 Å². The van der Waals surface area contributed by atoms with E-state index in [0.717, 1.165) is 40.9 Å². The van der Waals surface area contributed by atoms with Crippen LogP contribution in [-0.2, 0) is 11.3 Å². The molecule has 0 fully saturated rings. The number of methoxy groups -OCH3 is 1. The molecule has 0 bridgehead atoms. The van der Waals surface area contributed by atoms with Gasteiger partial charge in [0, 0.05) is 30.2 Å². The number of hydrogen-bond acceptors (Lipinski definition) is 6. The van der Waals surface area contributed by atoms with Crippen LogP contribution >= 0.6 is 0 Å². The van der Waals surface area contributed by atoms with Crippen molar-refractivity contribution >= 4 is 23.1 Å². The lowest BCUT2D eigenvalue weighted by atomic mass is 10.1. The summed E-state index contributed by atoms with van der Waals surface area (Å²) in [6.07, 6.45) is 3.62. The highest BCUT2D eigenvalue weighted by molar-refractivity contribution is 6.17.